The fourth-order valence-corrected chi connectivity index (χ4v) is 2.76. The van der Waals surface area contributed by atoms with Crippen LogP contribution in [0.15, 0.2) is 6.07 Å². The molecule has 0 bridgehead atoms. The molecule has 1 aromatic heterocycles. The summed E-state index contributed by atoms with van der Waals surface area (Å²) in [6, 6.07) is 1.76. The molecule has 1 unspecified atom stereocenters. The van der Waals surface area contributed by atoms with Crippen LogP contribution in [0, 0.1) is 5.92 Å². The van der Waals surface area contributed by atoms with Crippen LogP contribution in [-0.4, -0.2) is 5.11 Å². The van der Waals surface area contributed by atoms with Crippen molar-refractivity contribution < 1.29 is 5.11 Å². The van der Waals surface area contributed by atoms with Gasteiger partial charge in [0, 0.05) is 5.56 Å². The molecule has 66 valence electrons. The average Bonchev–Trinajstić information content (AvgIpc) is 2.77. The van der Waals surface area contributed by atoms with E-state index in [1.807, 2.05) is 0 Å². The van der Waals surface area contributed by atoms with Gasteiger partial charge in [-0.2, -0.15) is 0 Å². The van der Waals surface area contributed by atoms with E-state index in [-0.39, 0.29) is 0 Å². The molecule has 1 fully saturated rings. The van der Waals surface area contributed by atoms with Gasteiger partial charge in [-0.15, -0.1) is 11.3 Å². The Bertz CT molecular complexity index is 293. The molecule has 12 heavy (non-hydrogen) atoms. The van der Waals surface area contributed by atoms with Crippen LogP contribution in [0.5, 0.6) is 0 Å². The zero-order valence-electron chi connectivity index (χ0n) is 6.26. The smallest absolute Gasteiger partial charge is 0.100 e. The van der Waals surface area contributed by atoms with Crippen molar-refractivity contribution in [2.45, 2.75) is 18.9 Å². The van der Waals surface area contributed by atoms with Crippen LogP contribution in [-0.2, 0) is 0 Å². The summed E-state index contributed by atoms with van der Waals surface area (Å²) in [7, 11) is 0. The lowest BCUT2D eigenvalue weighted by molar-refractivity contribution is 0.154. The molecule has 4 heteroatoms. The molecule has 0 aromatic carbocycles. The quantitative estimate of drug-likeness (QED) is 0.813. The first kappa shape index (κ1) is 8.82. The summed E-state index contributed by atoms with van der Waals surface area (Å²) in [4.78, 5) is 0. The summed E-state index contributed by atoms with van der Waals surface area (Å²) < 4.78 is 1.27. The van der Waals surface area contributed by atoms with E-state index in [1.54, 1.807) is 6.07 Å². The Labute approximate surface area is 84.9 Å². The molecule has 1 aromatic rings. The molecule has 1 aliphatic rings. The Balaban J connectivity index is 2.25. The van der Waals surface area contributed by atoms with Crippen LogP contribution in [0.4, 0.5) is 0 Å². The Morgan fingerprint density at radius 2 is 2.17 bits per heavy atom. The summed E-state index contributed by atoms with van der Waals surface area (Å²) in [5.74, 6) is 0.410. The van der Waals surface area contributed by atoms with Crippen molar-refractivity contribution in [3.05, 3.63) is 20.3 Å². The maximum absolute atomic E-state index is 9.72. The van der Waals surface area contributed by atoms with Crippen molar-refractivity contribution in [3.8, 4) is 0 Å². The minimum atomic E-state index is -0.402. The molecule has 1 atom stereocenters. The van der Waals surface area contributed by atoms with Crippen molar-refractivity contribution in [1.82, 2.24) is 0 Å². The van der Waals surface area contributed by atoms with Gasteiger partial charge in [0.2, 0.25) is 0 Å². The largest absolute Gasteiger partial charge is 0.388 e. The van der Waals surface area contributed by atoms with Crippen molar-refractivity contribution in [3.63, 3.8) is 0 Å². The Morgan fingerprint density at radius 1 is 1.50 bits per heavy atom. The SMILES string of the molecule is OC(c1cc(Cl)sc1Cl)C1CC1. The number of hydrogen-bond acceptors (Lipinski definition) is 2. The summed E-state index contributed by atoms with van der Waals surface area (Å²) >= 11 is 13.0. The lowest BCUT2D eigenvalue weighted by atomic mass is 10.1. The third kappa shape index (κ3) is 1.62. The molecule has 2 rings (SSSR count). The van der Waals surface area contributed by atoms with Gasteiger partial charge in [-0.1, -0.05) is 23.2 Å². The van der Waals surface area contributed by atoms with Crippen molar-refractivity contribution in [2.75, 3.05) is 0 Å². The number of rotatable bonds is 2. The zero-order valence-corrected chi connectivity index (χ0v) is 8.59. The number of thiophene rings is 1. The van der Waals surface area contributed by atoms with Crippen molar-refractivity contribution in [2.24, 2.45) is 5.92 Å². The van der Waals surface area contributed by atoms with Crippen molar-refractivity contribution >= 4 is 34.5 Å². The summed E-state index contributed by atoms with van der Waals surface area (Å²) in [6.45, 7) is 0. The minimum Gasteiger partial charge on any atom is -0.388 e. The summed E-state index contributed by atoms with van der Waals surface area (Å²) in [5.41, 5.74) is 0.800. The average molecular weight is 223 g/mol. The number of aliphatic hydroxyl groups excluding tert-OH is 1. The van der Waals surface area contributed by atoms with Gasteiger partial charge >= 0.3 is 0 Å². The normalized spacial score (nSPS) is 19.6. The van der Waals surface area contributed by atoms with Crippen LogP contribution < -0.4 is 0 Å². The first-order chi connectivity index (χ1) is 5.68. The molecule has 0 radical (unpaired) electrons. The third-order valence-corrected chi connectivity index (χ3v) is 3.59. The second kappa shape index (κ2) is 3.18. The highest BCUT2D eigenvalue weighted by atomic mass is 35.5. The number of hydrogen-bond donors (Lipinski definition) is 1. The minimum absolute atomic E-state index is 0.402. The highest BCUT2D eigenvalue weighted by Gasteiger charge is 2.32. The van der Waals surface area contributed by atoms with Crippen LogP contribution >= 0.6 is 34.5 Å². The van der Waals surface area contributed by atoms with E-state index < -0.39 is 6.10 Å². The molecular weight excluding hydrogens is 215 g/mol. The van der Waals surface area contributed by atoms with Gasteiger partial charge in [-0.25, -0.2) is 0 Å². The van der Waals surface area contributed by atoms with Crippen LogP contribution in [0.3, 0.4) is 0 Å². The second-order valence-corrected chi connectivity index (χ2v) is 5.35. The van der Waals surface area contributed by atoms with Crippen LogP contribution in [0.1, 0.15) is 24.5 Å². The van der Waals surface area contributed by atoms with Gasteiger partial charge in [-0.3, -0.25) is 0 Å². The molecule has 1 nitrogen and oxygen atoms in total. The molecule has 1 saturated carbocycles. The maximum atomic E-state index is 9.72. The van der Waals surface area contributed by atoms with Crippen LogP contribution in [0.25, 0.3) is 0 Å². The van der Waals surface area contributed by atoms with Gasteiger partial charge in [0.1, 0.15) is 4.34 Å². The van der Waals surface area contributed by atoms with Gasteiger partial charge in [0.15, 0.2) is 0 Å². The van der Waals surface area contributed by atoms with Crippen LogP contribution in [0.2, 0.25) is 8.67 Å². The van der Waals surface area contributed by atoms with Gasteiger partial charge < -0.3 is 5.11 Å². The van der Waals surface area contributed by atoms with Gasteiger partial charge in [-0.05, 0) is 24.8 Å². The van der Waals surface area contributed by atoms with Gasteiger partial charge in [0.05, 0.1) is 10.4 Å². The Morgan fingerprint density at radius 3 is 2.58 bits per heavy atom. The molecule has 1 aliphatic carbocycles. The Kier molecular flexibility index (Phi) is 2.34. The predicted octanol–water partition coefficient (Wildman–Crippen LogP) is 3.50. The number of halogens is 2. The van der Waals surface area contributed by atoms with Gasteiger partial charge in [0.25, 0.3) is 0 Å². The molecule has 0 amide bonds. The topological polar surface area (TPSA) is 20.2 Å². The second-order valence-electron chi connectivity index (χ2n) is 3.06. The molecule has 1 heterocycles. The van der Waals surface area contributed by atoms with E-state index in [4.69, 9.17) is 23.2 Å². The monoisotopic (exact) mass is 222 g/mol. The zero-order chi connectivity index (χ0) is 8.72. The molecule has 0 aliphatic heterocycles. The molecule has 0 saturated heterocycles. The first-order valence-electron chi connectivity index (χ1n) is 3.81. The summed E-state index contributed by atoms with van der Waals surface area (Å²) in [6.07, 6.45) is 1.80. The summed E-state index contributed by atoms with van der Waals surface area (Å²) in [5, 5.41) is 9.72. The fourth-order valence-electron chi connectivity index (χ4n) is 1.22. The molecule has 1 N–H and O–H groups in total. The third-order valence-electron chi connectivity index (χ3n) is 2.07. The Hall–Kier alpha value is 0.240. The highest BCUT2D eigenvalue weighted by Crippen LogP contribution is 2.45. The molecule has 0 spiro atoms. The predicted molar refractivity (Wildman–Crippen MR) is 52.0 cm³/mol. The van der Waals surface area contributed by atoms with E-state index in [2.05, 4.69) is 0 Å². The lowest BCUT2D eigenvalue weighted by Crippen LogP contribution is -1.97. The highest BCUT2D eigenvalue weighted by molar-refractivity contribution is 7.20. The lowest BCUT2D eigenvalue weighted by Gasteiger charge is -2.06. The fraction of sp³-hybridized carbons (Fsp3) is 0.500. The maximum Gasteiger partial charge on any atom is 0.100 e. The van der Waals surface area contributed by atoms with E-state index in [9.17, 15) is 5.11 Å². The number of aliphatic hydroxyl groups is 1. The van der Waals surface area contributed by atoms with Crippen molar-refractivity contribution in [1.29, 1.82) is 0 Å². The van der Waals surface area contributed by atoms with E-state index >= 15 is 0 Å². The van der Waals surface area contributed by atoms with E-state index in [1.165, 1.54) is 11.3 Å². The standard InChI is InChI=1S/C8H8Cl2OS/c9-6-3-5(8(10)12-6)7(11)4-1-2-4/h3-4,7,11H,1-2H2. The van der Waals surface area contributed by atoms with E-state index in [0.29, 0.717) is 14.6 Å². The molecular formula is C8H8Cl2OS. The van der Waals surface area contributed by atoms with E-state index in [0.717, 1.165) is 18.4 Å². The first-order valence-corrected chi connectivity index (χ1v) is 5.38.